The first-order valence-corrected chi connectivity index (χ1v) is 8.29. The van der Waals surface area contributed by atoms with Crippen LogP contribution in [0.5, 0.6) is 0 Å². The van der Waals surface area contributed by atoms with Crippen LogP contribution in [0.4, 0.5) is 11.4 Å². The standard InChI is InChI=1S/C19H14ClN5O/c1-24-15-7-6-12(8-16(15)25(2)19(24)26)23-17-11(9-21)10-22-18-13(17)4-3-5-14(18)20/h3-8,10H,1-2H3,(H,22,23). The third-order valence-electron chi connectivity index (χ3n) is 4.51. The number of hydrogen-bond acceptors (Lipinski definition) is 4. The minimum atomic E-state index is -0.0870. The van der Waals surface area contributed by atoms with Crippen LogP contribution < -0.4 is 11.0 Å². The van der Waals surface area contributed by atoms with Crippen molar-refractivity contribution in [2.45, 2.75) is 0 Å². The van der Waals surface area contributed by atoms with Crippen LogP contribution >= 0.6 is 11.6 Å². The van der Waals surface area contributed by atoms with Gasteiger partial charge in [0.15, 0.2) is 0 Å². The Labute approximate surface area is 153 Å². The first-order chi connectivity index (χ1) is 12.5. The Bertz CT molecular complexity index is 1280. The zero-order valence-electron chi connectivity index (χ0n) is 14.1. The Hall–Kier alpha value is -3.30. The summed E-state index contributed by atoms with van der Waals surface area (Å²) in [6.45, 7) is 0. The lowest BCUT2D eigenvalue weighted by Crippen LogP contribution is -2.19. The van der Waals surface area contributed by atoms with Crippen molar-refractivity contribution in [2.75, 3.05) is 5.32 Å². The highest BCUT2D eigenvalue weighted by molar-refractivity contribution is 6.35. The third kappa shape index (κ3) is 2.33. The molecule has 0 saturated heterocycles. The Kier molecular flexibility index (Phi) is 3.67. The molecule has 0 radical (unpaired) electrons. The number of rotatable bonds is 2. The van der Waals surface area contributed by atoms with Gasteiger partial charge in [-0.1, -0.05) is 23.7 Å². The number of halogens is 1. The zero-order chi connectivity index (χ0) is 18.4. The summed E-state index contributed by atoms with van der Waals surface area (Å²) in [5.74, 6) is 0. The maximum absolute atomic E-state index is 12.1. The van der Waals surface area contributed by atoms with Crippen molar-refractivity contribution < 1.29 is 0 Å². The summed E-state index contributed by atoms with van der Waals surface area (Å²) >= 11 is 6.23. The SMILES string of the molecule is Cn1c(=O)n(C)c2cc(Nc3c(C#N)cnc4c(Cl)cccc34)ccc21. The summed E-state index contributed by atoms with van der Waals surface area (Å²) < 4.78 is 3.19. The first-order valence-electron chi connectivity index (χ1n) is 7.91. The van der Waals surface area contributed by atoms with E-state index in [4.69, 9.17) is 11.6 Å². The Morgan fingerprint density at radius 3 is 2.69 bits per heavy atom. The molecule has 26 heavy (non-hydrogen) atoms. The number of nitriles is 1. The third-order valence-corrected chi connectivity index (χ3v) is 4.81. The molecule has 0 aliphatic carbocycles. The van der Waals surface area contributed by atoms with E-state index in [1.54, 1.807) is 29.3 Å². The van der Waals surface area contributed by atoms with Gasteiger partial charge in [-0.15, -0.1) is 0 Å². The minimum Gasteiger partial charge on any atom is -0.354 e. The molecular formula is C19H14ClN5O. The van der Waals surface area contributed by atoms with Gasteiger partial charge in [-0.05, 0) is 24.3 Å². The molecular weight excluding hydrogens is 350 g/mol. The average Bonchev–Trinajstić information content (AvgIpc) is 2.86. The molecule has 0 unspecified atom stereocenters. The number of benzene rings is 2. The monoisotopic (exact) mass is 363 g/mol. The van der Waals surface area contributed by atoms with Crippen LogP contribution in [0.15, 0.2) is 47.4 Å². The van der Waals surface area contributed by atoms with E-state index in [0.29, 0.717) is 21.8 Å². The molecule has 2 heterocycles. The number of anilines is 2. The molecule has 0 saturated carbocycles. The topological polar surface area (TPSA) is 75.6 Å². The van der Waals surface area contributed by atoms with Crippen LogP contribution in [-0.2, 0) is 14.1 Å². The molecule has 2 aromatic carbocycles. The molecule has 6 nitrogen and oxygen atoms in total. The number of pyridine rings is 1. The maximum Gasteiger partial charge on any atom is 0.328 e. The van der Waals surface area contributed by atoms with Crippen LogP contribution in [0, 0.1) is 11.3 Å². The molecule has 0 fully saturated rings. The van der Waals surface area contributed by atoms with Crippen molar-refractivity contribution in [1.29, 1.82) is 5.26 Å². The van der Waals surface area contributed by atoms with Gasteiger partial charge in [0.05, 0.1) is 32.8 Å². The Balaban J connectivity index is 1.91. The number of imidazole rings is 1. The van der Waals surface area contributed by atoms with Gasteiger partial charge in [0.2, 0.25) is 0 Å². The van der Waals surface area contributed by atoms with E-state index in [1.807, 2.05) is 30.3 Å². The van der Waals surface area contributed by atoms with Gasteiger partial charge in [0, 0.05) is 31.4 Å². The van der Waals surface area contributed by atoms with E-state index in [9.17, 15) is 10.1 Å². The predicted octanol–water partition coefficient (Wildman–Crippen LogP) is 3.69. The highest BCUT2D eigenvalue weighted by Crippen LogP contribution is 2.32. The summed E-state index contributed by atoms with van der Waals surface area (Å²) in [5.41, 5.74) is 4.01. The van der Waals surface area contributed by atoms with Crippen molar-refractivity contribution in [3.8, 4) is 6.07 Å². The fraction of sp³-hybridized carbons (Fsp3) is 0.105. The molecule has 1 N–H and O–H groups in total. The van der Waals surface area contributed by atoms with E-state index in [-0.39, 0.29) is 5.69 Å². The number of aryl methyl sites for hydroxylation is 2. The molecule has 4 aromatic rings. The molecule has 0 aliphatic heterocycles. The minimum absolute atomic E-state index is 0.0870. The van der Waals surface area contributed by atoms with Crippen LogP contribution in [0.3, 0.4) is 0 Å². The van der Waals surface area contributed by atoms with Crippen molar-refractivity contribution in [1.82, 2.24) is 14.1 Å². The fourth-order valence-electron chi connectivity index (χ4n) is 3.14. The van der Waals surface area contributed by atoms with E-state index >= 15 is 0 Å². The summed E-state index contributed by atoms with van der Waals surface area (Å²) in [4.78, 5) is 16.4. The molecule has 0 bridgehead atoms. The highest BCUT2D eigenvalue weighted by atomic mass is 35.5. The van der Waals surface area contributed by atoms with Gasteiger partial charge in [0.25, 0.3) is 0 Å². The normalized spacial score (nSPS) is 11.0. The number of hydrogen-bond donors (Lipinski definition) is 1. The maximum atomic E-state index is 12.1. The Morgan fingerprint density at radius 2 is 1.92 bits per heavy atom. The smallest absolute Gasteiger partial charge is 0.328 e. The van der Waals surface area contributed by atoms with Gasteiger partial charge in [-0.25, -0.2) is 4.79 Å². The highest BCUT2D eigenvalue weighted by Gasteiger charge is 2.13. The van der Waals surface area contributed by atoms with Crippen LogP contribution in [-0.4, -0.2) is 14.1 Å². The van der Waals surface area contributed by atoms with Crippen molar-refractivity contribution >= 4 is 44.9 Å². The second-order valence-electron chi connectivity index (χ2n) is 6.02. The van der Waals surface area contributed by atoms with Gasteiger partial charge < -0.3 is 5.32 Å². The number of fused-ring (bicyclic) bond motifs is 2. The van der Waals surface area contributed by atoms with Crippen molar-refractivity contribution in [3.05, 3.63) is 63.7 Å². The van der Waals surface area contributed by atoms with Crippen molar-refractivity contribution in [2.24, 2.45) is 14.1 Å². The number of nitrogens with one attached hydrogen (secondary N) is 1. The molecule has 2 aromatic heterocycles. The molecule has 0 amide bonds. The zero-order valence-corrected chi connectivity index (χ0v) is 14.9. The predicted molar refractivity (Wildman–Crippen MR) is 103 cm³/mol. The quantitative estimate of drug-likeness (QED) is 0.589. The number of aromatic nitrogens is 3. The van der Waals surface area contributed by atoms with Gasteiger partial charge in [0.1, 0.15) is 6.07 Å². The van der Waals surface area contributed by atoms with Crippen LogP contribution in [0.1, 0.15) is 5.56 Å². The molecule has 0 spiro atoms. The van der Waals surface area contributed by atoms with Crippen molar-refractivity contribution in [3.63, 3.8) is 0 Å². The van der Waals surface area contributed by atoms with Crippen LogP contribution in [0.2, 0.25) is 5.02 Å². The van der Waals surface area contributed by atoms with Gasteiger partial charge in [-0.2, -0.15) is 5.26 Å². The van der Waals surface area contributed by atoms with Gasteiger partial charge >= 0.3 is 5.69 Å². The molecule has 4 rings (SSSR count). The number of para-hydroxylation sites is 1. The summed E-state index contributed by atoms with van der Waals surface area (Å²) in [5, 5.41) is 14.1. The Morgan fingerprint density at radius 1 is 1.15 bits per heavy atom. The van der Waals surface area contributed by atoms with E-state index in [1.165, 1.54) is 6.20 Å². The summed E-state index contributed by atoms with van der Waals surface area (Å²) in [6.07, 6.45) is 1.51. The van der Waals surface area contributed by atoms with Gasteiger partial charge in [-0.3, -0.25) is 14.1 Å². The fourth-order valence-corrected chi connectivity index (χ4v) is 3.36. The molecule has 7 heteroatoms. The van der Waals surface area contributed by atoms with E-state index < -0.39 is 0 Å². The lowest BCUT2D eigenvalue weighted by atomic mass is 10.1. The summed E-state index contributed by atoms with van der Waals surface area (Å²) in [6, 6.07) is 13.3. The second kappa shape index (κ2) is 5.90. The molecule has 0 atom stereocenters. The second-order valence-corrected chi connectivity index (χ2v) is 6.43. The van der Waals surface area contributed by atoms with E-state index in [0.717, 1.165) is 22.1 Å². The first kappa shape index (κ1) is 16.2. The largest absolute Gasteiger partial charge is 0.354 e. The lowest BCUT2D eigenvalue weighted by molar-refractivity contribution is 0.795. The molecule has 128 valence electrons. The summed E-state index contributed by atoms with van der Waals surface area (Å²) in [7, 11) is 3.47. The lowest BCUT2D eigenvalue weighted by Gasteiger charge is -2.12. The van der Waals surface area contributed by atoms with E-state index in [2.05, 4.69) is 16.4 Å². The molecule has 0 aliphatic rings. The average molecular weight is 364 g/mol. The number of nitrogens with zero attached hydrogens (tertiary/aromatic N) is 4. The van der Waals surface area contributed by atoms with Crippen LogP contribution in [0.25, 0.3) is 21.9 Å².